The molecule has 0 spiro atoms. The number of benzene rings is 2. The number of methoxy groups -OCH3 is 2. The van der Waals surface area contributed by atoms with Gasteiger partial charge < -0.3 is 14.4 Å². The number of hydrogen-bond acceptors (Lipinski definition) is 5. The second kappa shape index (κ2) is 10.4. The van der Waals surface area contributed by atoms with Crippen molar-refractivity contribution in [2.75, 3.05) is 20.8 Å². The summed E-state index contributed by atoms with van der Waals surface area (Å²) in [6.45, 7) is 4.88. The fraction of sp³-hybridized carbons (Fsp3) is 0.458. The Kier molecular flexibility index (Phi) is 7.79. The summed E-state index contributed by atoms with van der Waals surface area (Å²) in [6.07, 6.45) is 2.09. The number of nitrogens with one attached hydrogen (secondary N) is 1. The monoisotopic (exact) mass is 460 g/mol. The van der Waals surface area contributed by atoms with Crippen LogP contribution in [0, 0.1) is 0 Å². The van der Waals surface area contributed by atoms with Crippen molar-refractivity contribution in [3.63, 3.8) is 0 Å². The number of ether oxygens (including phenoxy) is 2. The van der Waals surface area contributed by atoms with Gasteiger partial charge in [0.25, 0.3) is 0 Å². The first-order valence-corrected chi connectivity index (χ1v) is 12.3. The van der Waals surface area contributed by atoms with Gasteiger partial charge >= 0.3 is 0 Å². The number of amides is 1. The van der Waals surface area contributed by atoms with E-state index in [2.05, 4.69) is 42.8 Å². The molecule has 3 rings (SSSR count). The van der Waals surface area contributed by atoms with Gasteiger partial charge in [0, 0.05) is 31.6 Å². The van der Waals surface area contributed by atoms with E-state index in [1.165, 1.54) is 38.0 Å². The van der Waals surface area contributed by atoms with Crippen molar-refractivity contribution in [2.24, 2.45) is 0 Å². The molecule has 1 aliphatic rings. The first-order chi connectivity index (χ1) is 15.2. The predicted molar refractivity (Wildman–Crippen MR) is 123 cm³/mol. The summed E-state index contributed by atoms with van der Waals surface area (Å²) in [5.74, 6) is 1.19. The second-order valence-corrected chi connectivity index (χ2v) is 10.1. The van der Waals surface area contributed by atoms with Crippen LogP contribution in [0.5, 0.6) is 11.5 Å². The Labute approximate surface area is 190 Å². The van der Waals surface area contributed by atoms with Gasteiger partial charge in [0.05, 0.1) is 19.1 Å². The molecule has 0 saturated heterocycles. The molecule has 1 fully saturated rings. The summed E-state index contributed by atoms with van der Waals surface area (Å²) in [4.78, 5) is 14.8. The molecule has 0 radical (unpaired) electrons. The van der Waals surface area contributed by atoms with E-state index in [0.717, 1.165) is 18.4 Å². The van der Waals surface area contributed by atoms with Gasteiger partial charge in [-0.2, -0.15) is 0 Å². The van der Waals surface area contributed by atoms with Gasteiger partial charge in [-0.05, 0) is 42.0 Å². The van der Waals surface area contributed by atoms with Crippen molar-refractivity contribution in [3.8, 4) is 11.5 Å². The summed E-state index contributed by atoms with van der Waals surface area (Å²) in [6, 6.07) is 13.0. The van der Waals surface area contributed by atoms with Gasteiger partial charge in [-0.15, -0.1) is 0 Å². The maximum Gasteiger partial charge on any atom is 0.240 e. The number of hydrogen-bond donors (Lipinski definition) is 1. The van der Waals surface area contributed by atoms with Crippen LogP contribution in [-0.2, 0) is 21.4 Å². The van der Waals surface area contributed by atoms with Crippen molar-refractivity contribution >= 4 is 15.9 Å². The van der Waals surface area contributed by atoms with Gasteiger partial charge in [-0.3, -0.25) is 4.79 Å². The van der Waals surface area contributed by atoms with Crippen molar-refractivity contribution in [1.29, 1.82) is 0 Å². The maximum absolute atomic E-state index is 12.9. The summed E-state index contributed by atoms with van der Waals surface area (Å²) in [5.41, 5.74) is 2.35. The zero-order chi connectivity index (χ0) is 23.3. The highest BCUT2D eigenvalue weighted by molar-refractivity contribution is 7.89. The Balaban J connectivity index is 1.59. The Morgan fingerprint density at radius 3 is 2.28 bits per heavy atom. The summed E-state index contributed by atoms with van der Waals surface area (Å²) < 4.78 is 38.1. The predicted octanol–water partition coefficient (Wildman–Crippen LogP) is 3.69. The molecular weight excluding hydrogens is 428 g/mol. The molecule has 1 amide bonds. The van der Waals surface area contributed by atoms with E-state index in [1.807, 2.05) is 4.90 Å². The minimum atomic E-state index is -3.77. The Morgan fingerprint density at radius 1 is 1.06 bits per heavy atom. The lowest BCUT2D eigenvalue weighted by Crippen LogP contribution is -2.35. The zero-order valence-electron chi connectivity index (χ0n) is 19.1. The van der Waals surface area contributed by atoms with Gasteiger partial charge in [-0.1, -0.05) is 38.1 Å². The molecule has 7 nitrogen and oxygen atoms in total. The molecule has 0 atom stereocenters. The highest BCUT2D eigenvalue weighted by Crippen LogP contribution is 2.30. The first-order valence-electron chi connectivity index (χ1n) is 10.8. The third kappa shape index (κ3) is 6.01. The maximum atomic E-state index is 12.9. The van der Waals surface area contributed by atoms with Crippen LogP contribution in [0.3, 0.4) is 0 Å². The van der Waals surface area contributed by atoms with Gasteiger partial charge in [0.15, 0.2) is 11.5 Å². The number of nitrogens with zero attached hydrogens (tertiary/aromatic N) is 1. The number of carbonyl (C=O) groups is 1. The lowest BCUT2D eigenvalue weighted by molar-refractivity contribution is -0.132. The fourth-order valence-corrected chi connectivity index (χ4v) is 4.56. The average molecular weight is 461 g/mol. The molecule has 174 valence electrons. The van der Waals surface area contributed by atoms with Crippen molar-refractivity contribution < 1.29 is 22.7 Å². The summed E-state index contributed by atoms with van der Waals surface area (Å²) >= 11 is 0. The average Bonchev–Trinajstić information content (AvgIpc) is 3.62. The van der Waals surface area contributed by atoms with Crippen LogP contribution in [0.25, 0.3) is 0 Å². The lowest BCUT2D eigenvalue weighted by Gasteiger charge is -2.23. The van der Waals surface area contributed by atoms with Crippen LogP contribution < -0.4 is 14.2 Å². The van der Waals surface area contributed by atoms with E-state index in [-0.39, 0.29) is 29.8 Å². The highest BCUT2D eigenvalue weighted by Gasteiger charge is 2.32. The SMILES string of the molecule is COc1ccc(S(=O)(=O)NCCC(=O)N(Cc2ccc(C(C)C)cc2)C2CC2)cc1OC. The van der Waals surface area contributed by atoms with Crippen LogP contribution >= 0.6 is 0 Å². The van der Waals surface area contributed by atoms with Crippen molar-refractivity contribution in [3.05, 3.63) is 53.6 Å². The molecule has 0 unspecified atom stereocenters. The molecule has 0 bridgehead atoms. The molecule has 1 saturated carbocycles. The molecule has 0 aromatic heterocycles. The summed E-state index contributed by atoms with van der Waals surface area (Å²) in [5, 5.41) is 0. The largest absolute Gasteiger partial charge is 0.493 e. The quantitative estimate of drug-likeness (QED) is 0.553. The first kappa shape index (κ1) is 24.1. The van der Waals surface area contributed by atoms with Crippen LogP contribution in [0.4, 0.5) is 0 Å². The molecule has 0 aliphatic heterocycles. The minimum absolute atomic E-state index is 0.0328. The van der Waals surface area contributed by atoms with E-state index in [1.54, 1.807) is 0 Å². The standard InChI is InChI=1S/C24H32N2O5S/c1-17(2)19-7-5-18(6-8-19)16-26(20-9-10-20)24(27)13-14-25-32(28,29)21-11-12-22(30-3)23(15-21)31-4/h5-8,11-12,15,17,20,25H,9-10,13-14,16H2,1-4H3. The Morgan fingerprint density at radius 2 is 1.72 bits per heavy atom. The second-order valence-electron chi connectivity index (χ2n) is 8.31. The minimum Gasteiger partial charge on any atom is -0.493 e. The third-order valence-electron chi connectivity index (χ3n) is 5.60. The van der Waals surface area contributed by atoms with Gasteiger partial charge in [-0.25, -0.2) is 13.1 Å². The van der Waals surface area contributed by atoms with Gasteiger partial charge in [0.2, 0.25) is 15.9 Å². The topological polar surface area (TPSA) is 84.9 Å². The molecule has 1 aliphatic carbocycles. The van der Waals surface area contributed by atoms with E-state index in [4.69, 9.17) is 9.47 Å². The molecule has 2 aromatic rings. The van der Waals surface area contributed by atoms with E-state index >= 15 is 0 Å². The normalized spacial score (nSPS) is 13.8. The van der Waals surface area contributed by atoms with Crippen molar-refractivity contribution in [2.45, 2.75) is 56.5 Å². The van der Waals surface area contributed by atoms with E-state index in [0.29, 0.717) is 24.0 Å². The van der Waals surface area contributed by atoms with Crippen LogP contribution in [-0.4, -0.2) is 46.0 Å². The smallest absolute Gasteiger partial charge is 0.240 e. The third-order valence-corrected chi connectivity index (χ3v) is 7.06. The molecule has 8 heteroatoms. The molecule has 0 heterocycles. The number of rotatable bonds is 11. The van der Waals surface area contributed by atoms with E-state index < -0.39 is 10.0 Å². The van der Waals surface area contributed by atoms with Crippen LogP contribution in [0.1, 0.15) is 50.2 Å². The van der Waals surface area contributed by atoms with Crippen LogP contribution in [0.2, 0.25) is 0 Å². The molecule has 1 N–H and O–H groups in total. The molecular formula is C24H32N2O5S. The number of carbonyl (C=O) groups excluding carboxylic acids is 1. The summed E-state index contributed by atoms with van der Waals surface area (Å²) in [7, 11) is -0.838. The number of sulfonamides is 1. The van der Waals surface area contributed by atoms with E-state index in [9.17, 15) is 13.2 Å². The van der Waals surface area contributed by atoms with Crippen molar-refractivity contribution in [1.82, 2.24) is 9.62 Å². The zero-order valence-corrected chi connectivity index (χ0v) is 19.9. The highest BCUT2D eigenvalue weighted by atomic mass is 32.2. The lowest BCUT2D eigenvalue weighted by atomic mass is 10.0. The van der Waals surface area contributed by atoms with Gasteiger partial charge in [0.1, 0.15) is 0 Å². The molecule has 32 heavy (non-hydrogen) atoms. The van der Waals surface area contributed by atoms with Crippen LogP contribution in [0.15, 0.2) is 47.4 Å². The molecule has 2 aromatic carbocycles. The fourth-order valence-electron chi connectivity index (χ4n) is 3.51. The Bertz CT molecular complexity index is 1030. The Hall–Kier alpha value is -2.58.